The van der Waals surface area contributed by atoms with Gasteiger partial charge in [-0.25, -0.2) is 4.79 Å². The monoisotopic (exact) mass is 333 g/mol. The molecule has 1 aliphatic rings. The van der Waals surface area contributed by atoms with Gasteiger partial charge >= 0.3 is 6.09 Å². The van der Waals surface area contributed by atoms with Crippen LogP contribution in [0.15, 0.2) is 24.3 Å². The lowest BCUT2D eigenvalue weighted by Gasteiger charge is -2.36. The number of rotatable bonds is 3. The molecule has 1 heterocycles. The molecule has 0 atom stereocenters. The number of nitrogens with one attached hydrogen (secondary N) is 1. The van der Waals surface area contributed by atoms with Crippen LogP contribution in [-0.4, -0.2) is 55.2 Å². The normalized spacial score (nSPS) is 15.2. The summed E-state index contributed by atoms with van der Waals surface area (Å²) < 4.78 is 5.13. The summed E-state index contributed by atoms with van der Waals surface area (Å²) in [4.78, 5) is 27.8. The average molecular weight is 333 g/mol. The Hall–Kier alpha value is -2.24. The lowest BCUT2D eigenvalue weighted by atomic mass is 10.2. The first kappa shape index (κ1) is 18.1. The molecule has 0 radical (unpaired) electrons. The zero-order valence-corrected chi connectivity index (χ0v) is 15.0. The number of nitrogens with zero attached hydrogens (tertiary/aromatic N) is 2. The number of carbonyl (C=O) groups excluding carboxylic acids is 2. The fourth-order valence-electron chi connectivity index (χ4n) is 2.54. The second kappa shape index (κ2) is 7.55. The van der Waals surface area contributed by atoms with Crippen LogP contribution in [0.4, 0.5) is 10.5 Å². The molecule has 132 valence electrons. The fraction of sp³-hybridized carbons (Fsp3) is 0.556. The van der Waals surface area contributed by atoms with Crippen LogP contribution in [0.5, 0.6) is 0 Å². The molecule has 1 saturated heterocycles. The summed E-state index contributed by atoms with van der Waals surface area (Å²) in [6.45, 7) is 10.3. The number of amides is 2. The van der Waals surface area contributed by atoms with Crippen LogP contribution in [0.1, 0.15) is 26.3 Å². The van der Waals surface area contributed by atoms with Crippen molar-refractivity contribution in [1.82, 2.24) is 10.2 Å². The molecule has 1 aromatic rings. The van der Waals surface area contributed by atoms with E-state index in [-0.39, 0.29) is 12.5 Å². The summed E-state index contributed by atoms with van der Waals surface area (Å²) in [5.74, 6) is -0.0792. The molecule has 0 aromatic heterocycles. The van der Waals surface area contributed by atoms with Gasteiger partial charge in [-0.1, -0.05) is 17.7 Å². The van der Waals surface area contributed by atoms with Gasteiger partial charge in [0.2, 0.25) is 5.91 Å². The predicted molar refractivity (Wildman–Crippen MR) is 94.2 cm³/mol. The van der Waals surface area contributed by atoms with Gasteiger partial charge in [-0.15, -0.1) is 0 Å². The van der Waals surface area contributed by atoms with Gasteiger partial charge in [-0.3, -0.25) is 4.79 Å². The zero-order valence-electron chi connectivity index (χ0n) is 15.0. The number of carbonyl (C=O) groups is 2. The largest absolute Gasteiger partial charge is 0.444 e. The summed E-state index contributed by atoms with van der Waals surface area (Å²) in [5.41, 5.74) is 1.85. The molecule has 1 aliphatic heterocycles. The van der Waals surface area contributed by atoms with E-state index in [1.807, 2.05) is 0 Å². The molecular formula is C18H27N3O3. The van der Waals surface area contributed by atoms with Crippen LogP contribution in [0.25, 0.3) is 0 Å². The number of hydrogen-bond donors (Lipinski definition) is 1. The Balaban J connectivity index is 1.76. The molecule has 6 nitrogen and oxygen atoms in total. The molecule has 1 aromatic carbocycles. The molecule has 1 N–H and O–H groups in total. The van der Waals surface area contributed by atoms with E-state index < -0.39 is 11.7 Å². The van der Waals surface area contributed by atoms with E-state index >= 15 is 0 Å². The molecule has 6 heteroatoms. The third-order valence-electron chi connectivity index (χ3n) is 3.81. The minimum absolute atomic E-state index is 0.0283. The van der Waals surface area contributed by atoms with Gasteiger partial charge in [-0.05, 0) is 39.8 Å². The molecule has 0 spiro atoms. The van der Waals surface area contributed by atoms with Gasteiger partial charge in [0.1, 0.15) is 12.1 Å². The first-order chi connectivity index (χ1) is 11.2. The van der Waals surface area contributed by atoms with Crippen LogP contribution < -0.4 is 10.2 Å². The first-order valence-corrected chi connectivity index (χ1v) is 8.31. The van der Waals surface area contributed by atoms with Crippen LogP contribution in [0, 0.1) is 6.92 Å². The molecule has 2 rings (SSSR count). The van der Waals surface area contributed by atoms with E-state index in [9.17, 15) is 9.59 Å². The van der Waals surface area contributed by atoms with Crippen molar-refractivity contribution in [1.29, 1.82) is 0 Å². The highest BCUT2D eigenvalue weighted by atomic mass is 16.6. The standard InChI is InChI=1S/C18H27N3O3/c1-14-5-7-15(8-6-14)20-9-11-21(12-10-20)16(22)13-19-17(23)24-18(2,3)4/h5-8H,9-13H2,1-4H3,(H,19,23). The number of anilines is 1. The molecule has 0 saturated carbocycles. The zero-order chi connectivity index (χ0) is 17.7. The number of aryl methyl sites for hydroxylation is 1. The van der Waals surface area contributed by atoms with Gasteiger partial charge in [0.15, 0.2) is 0 Å². The van der Waals surface area contributed by atoms with Crippen molar-refractivity contribution in [3.8, 4) is 0 Å². The molecule has 0 unspecified atom stereocenters. The SMILES string of the molecule is Cc1ccc(N2CCN(C(=O)CNC(=O)OC(C)(C)C)CC2)cc1. The van der Waals surface area contributed by atoms with Crippen molar-refractivity contribution in [3.63, 3.8) is 0 Å². The quantitative estimate of drug-likeness (QED) is 0.921. The number of benzene rings is 1. The summed E-state index contributed by atoms with van der Waals surface area (Å²) in [7, 11) is 0. The Morgan fingerprint density at radius 3 is 2.21 bits per heavy atom. The second-order valence-electron chi connectivity index (χ2n) is 7.06. The number of ether oxygens (including phenoxy) is 1. The molecule has 2 amide bonds. The van der Waals surface area contributed by atoms with Gasteiger partial charge in [0.05, 0.1) is 0 Å². The van der Waals surface area contributed by atoms with E-state index in [4.69, 9.17) is 4.74 Å². The minimum Gasteiger partial charge on any atom is -0.444 e. The second-order valence-corrected chi connectivity index (χ2v) is 7.06. The summed E-state index contributed by atoms with van der Waals surface area (Å²) in [6, 6.07) is 8.41. The van der Waals surface area contributed by atoms with Crippen LogP contribution >= 0.6 is 0 Å². The highest BCUT2D eigenvalue weighted by molar-refractivity contribution is 5.82. The molecule has 24 heavy (non-hydrogen) atoms. The molecular weight excluding hydrogens is 306 g/mol. The summed E-state index contributed by atoms with van der Waals surface area (Å²) in [6.07, 6.45) is -0.561. The van der Waals surface area contributed by atoms with Crippen LogP contribution in [0.2, 0.25) is 0 Å². The van der Waals surface area contributed by atoms with Gasteiger partial charge in [0, 0.05) is 31.9 Å². The highest BCUT2D eigenvalue weighted by Crippen LogP contribution is 2.17. The number of piperazine rings is 1. The van der Waals surface area contributed by atoms with E-state index in [2.05, 4.69) is 41.4 Å². The predicted octanol–water partition coefficient (Wildman–Crippen LogP) is 2.17. The van der Waals surface area contributed by atoms with Gasteiger partial charge < -0.3 is 19.9 Å². The maximum atomic E-state index is 12.2. The Morgan fingerprint density at radius 2 is 1.67 bits per heavy atom. The molecule has 0 aliphatic carbocycles. The summed E-state index contributed by atoms with van der Waals surface area (Å²) in [5, 5.41) is 2.52. The molecule has 1 fully saturated rings. The fourth-order valence-corrected chi connectivity index (χ4v) is 2.54. The topological polar surface area (TPSA) is 61.9 Å². The smallest absolute Gasteiger partial charge is 0.408 e. The van der Waals surface area contributed by atoms with E-state index in [0.29, 0.717) is 13.1 Å². The third kappa shape index (κ3) is 5.44. The number of hydrogen-bond acceptors (Lipinski definition) is 4. The van der Waals surface area contributed by atoms with E-state index in [1.54, 1.807) is 25.7 Å². The van der Waals surface area contributed by atoms with Crippen molar-refractivity contribution in [2.24, 2.45) is 0 Å². The Labute approximate surface area is 143 Å². The van der Waals surface area contributed by atoms with Crippen LogP contribution in [0.3, 0.4) is 0 Å². The maximum absolute atomic E-state index is 12.2. The van der Waals surface area contributed by atoms with E-state index in [1.165, 1.54) is 11.3 Å². The average Bonchev–Trinajstić information content (AvgIpc) is 2.52. The lowest BCUT2D eigenvalue weighted by molar-refractivity contribution is -0.130. The first-order valence-electron chi connectivity index (χ1n) is 8.31. The van der Waals surface area contributed by atoms with Crippen LogP contribution in [-0.2, 0) is 9.53 Å². The Bertz CT molecular complexity index is 570. The summed E-state index contributed by atoms with van der Waals surface area (Å²) >= 11 is 0. The highest BCUT2D eigenvalue weighted by Gasteiger charge is 2.22. The van der Waals surface area contributed by atoms with Crippen molar-refractivity contribution in [2.75, 3.05) is 37.6 Å². The lowest BCUT2D eigenvalue weighted by Crippen LogP contribution is -2.51. The van der Waals surface area contributed by atoms with E-state index in [0.717, 1.165) is 13.1 Å². The Morgan fingerprint density at radius 1 is 1.08 bits per heavy atom. The van der Waals surface area contributed by atoms with Crippen molar-refractivity contribution < 1.29 is 14.3 Å². The minimum atomic E-state index is -0.563. The third-order valence-corrected chi connectivity index (χ3v) is 3.81. The van der Waals surface area contributed by atoms with Crippen molar-refractivity contribution in [2.45, 2.75) is 33.3 Å². The maximum Gasteiger partial charge on any atom is 0.408 e. The van der Waals surface area contributed by atoms with Gasteiger partial charge in [-0.2, -0.15) is 0 Å². The number of alkyl carbamates (subject to hydrolysis) is 1. The van der Waals surface area contributed by atoms with Crippen molar-refractivity contribution in [3.05, 3.63) is 29.8 Å². The van der Waals surface area contributed by atoms with Gasteiger partial charge in [0.25, 0.3) is 0 Å². The Kier molecular flexibility index (Phi) is 5.70. The molecule has 0 bridgehead atoms. The van der Waals surface area contributed by atoms with Crippen molar-refractivity contribution >= 4 is 17.7 Å².